The van der Waals surface area contributed by atoms with E-state index >= 15 is 0 Å². The number of carbonyl (C=O) groups is 15. The molecule has 31 heteroatoms. The van der Waals surface area contributed by atoms with Crippen LogP contribution in [0, 0.1) is 0 Å². The Kier molecular flexibility index (Phi) is 28.3. The minimum Gasteiger partial charge on any atom is -0.480 e. The highest BCUT2D eigenvalue weighted by Gasteiger charge is 2.31. The summed E-state index contributed by atoms with van der Waals surface area (Å²) < 4.78 is 0. The molecular weight excluding hydrogens is 1010 g/mol. The largest absolute Gasteiger partial charge is 0.480 e. The van der Waals surface area contributed by atoms with E-state index in [9.17, 15) is 71.9 Å². The third-order valence-corrected chi connectivity index (χ3v) is 10.9. The van der Waals surface area contributed by atoms with E-state index in [1.807, 2.05) is 0 Å². The highest BCUT2D eigenvalue weighted by molar-refractivity contribution is 5.99. The van der Waals surface area contributed by atoms with Gasteiger partial charge in [0.2, 0.25) is 82.7 Å². The van der Waals surface area contributed by atoms with Crippen LogP contribution >= 0.6 is 0 Å². The summed E-state index contributed by atoms with van der Waals surface area (Å²) in [6, 6.07) is -17.7. The zero-order valence-electron chi connectivity index (χ0n) is 45.3. The number of carboxylic acids is 1. The smallest absolute Gasteiger partial charge is 0.325 e. The average Bonchev–Trinajstić information content (AvgIpc) is 3.32. The van der Waals surface area contributed by atoms with Crippen LogP contribution in [-0.4, -0.2) is 184 Å². The Morgan fingerprint density at radius 2 is 0.303 bits per heavy atom. The molecule has 428 valence electrons. The first-order valence-corrected chi connectivity index (χ1v) is 24.2. The predicted molar refractivity (Wildman–Crippen MR) is 268 cm³/mol. The summed E-state index contributed by atoms with van der Waals surface area (Å²) in [5, 5.41) is 42.0. The molecule has 0 aromatic carbocycles. The number of aliphatic carboxylic acids is 1. The normalized spacial score (nSPS) is 16.7. The second-order valence-corrected chi connectivity index (χ2v) is 18.4. The summed E-state index contributed by atoms with van der Waals surface area (Å²) in [7, 11) is 0. The maximum absolute atomic E-state index is 12.9. The maximum atomic E-state index is 12.9. The third kappa shape index (κ3) is 23.9. The van der Waals surface area contributed by atoms with Gasteiger partial charge in [-0.2, -0.15) is 0 Å². The monoisotopic (exact) mass is 1080 g/mol. The highest BCUT2D eigenvalue weighted by Crippen LogP contribution is 1.99. The van der Waals surface area contributed by atoms with Gasteiger partial charge in [-0.1, -0.05) is 0 Å². The first kappa shape index (κ1) is 68.0. The lowest BCUT2D eigenvalue weighted by atomic mass is 10.2. The third-order valence-electron chi connectivity index (χ3n) is 10.9. The van der Waals surface area contributed by atoms with Crippen molar-refractivity contribution in [1.29, 1.82) is 0 Å². The lowest BCUT2D eigenvalue weighted by molar-refractivity contribution is -0.141. The molecule has 31 nitrogen and oxygen atoms in total. The summed E-state index contributed by atoms with van der Waals surface area (Å²) in [6.45, 7) is 19.6. The van der Waals surface area contributed by atoms with Crippen molar-refractivity contribution >= 4 is 88.7 Å². The molecule has 0 radical (unpaired) electrons. The molecule has 0 fully saturated rings. The van der Waals surface area contributed by atoms with Gasteiger partial charge in [-0.3, -0.25) is 71.9 Å². The maximum Gasteiger partial charge on any atom is 0.325 e. The summed E-state index contributed by atoms with van der Waals surface area (Å²) in [5.41, 5.74) is 5.48. The molecule has 0 aromatic heterocycles. The standard InChI is InChI=1S/C45H77N15O16/c1-16(46)31(61)47-17(2)32(62)48-18(3)33(63)49-19(4)34(64)50-20(5)35(65)51-21(6)36(66)52-22(7)37(67)53-23(8)38(68)54-24(9)39(69)55-25(10)40(70)56-26(11)41(71)57-27(12)42(72)58-28(13)43(73)59-29(14)44(74)60-30(15)45(75)76/h16-30H,46H2,1-15H3,(H,47,61)(H,48,62)(H,49,63)(H,50,64)(H,51,65)(H,52,66)(H,53,67)(H,54,68)(H,55,69)(H,56,70)(H,57,71)(H,58,72)(H,59,73)(H,60,74)(H,75,76)/t16-,17-,18-,19-,20-,21-,22-,23-,24-,25-,26-,27-,28-,29+,30+/m0/s1. The topological polar surface area (TPSA) is 471 Å². The summed E-state index contributed by atoms with van der Waals surface area (Å²) in [5.74, 6) is -12.3. The Hall–Kier alpha value is -7.99. The van der Waals surface area contributed by atoms with Gasteiger partial charge in [0.1, 0.15) is 84.6 Å². The van der Waals surface area contributed by atoms with Crippen LogP contribution in [-0.2, 0) is 71.9 Å². The van der Waals surface area contributed by atoms with Crippen molar-refractivity contribution in [3.8, 4) is 0 Å². The van der Waals surface area contributed by atoms with Crippen molar-refractivity contribution in [2.45, 2.75) is 194 Å². The van der Waals surface area contributed by atoms with E-state index in [4.69, 9.17) is 10.8 Å². The molecule has 0 spiro atoms. The van der Waals surface area contributed by atoms with Gasteiger partial charge >= 0.3 is 5.97 Å². The van der Waals surface area contributed by atoms with Crippen molar-refractivity contribution in [3.63, 3.8) is 0 Å². The molecule has 14 amide bonds. The van der Waals surface area contributed by atoms with Gasteiger partial charge in [0.25, 0.3) is 0 Å². The number of hydrogen-bond donors (Lipinski definition) is 16. The molecule has 0 saturated carbocycles. The van der Waals surface area contributed by atoms with Gasteiger partial charge in [-0.05, 0) is 104 Å². The first-order valence-electron chi connectivity index (χ1n) is 24.2. The number of nitrogens with two attached hydrogens (primary N) is 1. The fourth-order valence-corrected chi connectivity index (χ4v) is 5.66. The summed E-state index contributed by atoms with van der Waals surface area (Å²) >= 11 is 0. The second kappa shape index (κ2) is 31.7. The van der Waals surface area contributed by atoms with E-state index in [1.54, 1.807) is 0 Å². The summed E-state index contributed by atoms with van der Waals surface area (Å²) in [4.78, 5) is 188. The first-order chi connectivity index (χ1) is 34.9. The number of carboxylic acid groups (broad SMARTS) is 1. The molecule has 0 aliphatic carbocycles. The van der Waals surface area contributed by atoms with E-state index in [-0.39, 0.29) is 0 Å². The van der Waals surface area contributed by atoms with Crippen molar-refractivity contribution in [2.75, 3.05) is 0 Å². The average molecular weight is 1080 g/mol. The Morgan fingerprint density at radius 3 is 0.395 bits per heavy atom. The fourth-order valence-electron chi connectivity index (χ4n) is 5.66. The Balaban J connectivity index is 4.97. The molecule has 0 aliphatic heterocycles. The molecule has 0 heterocycles. The van der Waals surface area contributed by atoms with Crippen LogP contribution in [0.1, 0.15) is 104 Å². The van der Waals surface area contributed by atoms with E-state index in [0.29, 0.717) is 0 Å². The molecule has 0 saturated heterocycles. The number of amides is 14. The van der Waals surface area contributed by atoms with Crippen molar-refractivity contribution < 1.29 is 77.0 Å². The molecule has 76 heavy (non-hydrogen) atoms. The number of rotatable bonds is 29. The van der Waals surface area contributed by atoms with E-state index in [0.717, 1.165) is 0 Å². The quantitative estimate of drug-likeness (QED) is 0.0331. The SMILES string of the molecule is C[C@H](N)C(=O)N[C@@H](C)C(=O)N[C@@H](C)C(=O)N[C@@H](C)C(=O)N[C@@H](C)C(=O)N[C@@H](C)C(=O)N[C@@H](C)C(=O)N[C@@H](C)C(=O)N[C@@H](C)C(=O)N[C@@H](C)C(=O)N[C@@H](C)C(=O)N[C@@H](C)C(=O)N[C@@H](C)C(=O)N[C@H](C)C(=O)N[C@H](C)C(=O)O. The van der Waals surface area contributed by atoms with E-state index in [1.165, 1.54) is 104 Å². The number of carbonyl (C=O) groups excluding carboxylic acids is 14. The van der Waals surface area contributed by atoms with Crippen LogP contribution in [0.4, 0.5) is 0 Å². The zero-order chi connectivity index (χ0) is 59.2. The molecule has 0 bridgehead atoms. The highest BCUT2D eigenvalue weighted by atomic mass is 16.4. The van der Waals surface area contributed by atoms with Gasteiger partial charge in [0.05, 0.1) is 6.04 Å². The lowest BCUT2D eigenvalue weighted by Gasteiger charge is -2.24. The molecule has 0 rings (SSSR count). The van der Waals surface area contributed by atoms with Gasteiger partial charge in [-0.15, -0.1) is 0 Å². The van der Waals surface area contributed by atoms with Gasteiger partial charge < -0.3 is 85.3 Å². The van der Waals surface area contributed by atoms with Crippen molar-refractivity contribution in [3.05, 3.63) is 0 Å². The van der Waals surface area contributed by atoms with E-state index in [2.05, 4.69) is 74.4 Å². The number of nitrogens with one attached hydrogen (secondary N) is 14. The Labute approximate surface area is 439 Å². The molecular formula is C45H77N15O16. The molecule has 0 aromatic rings. The molecule has 17 N–H and O–H groups in total. The second-order valence-electron chi connectivity index (χ2n) is 18.4. The van der Waals surface area contributed by atoms with Crippen molar-refractivity contribution in [1.82, 2.24) is 74.4 Å². The fraction of sp³-hybridized carbons (Fsp3) is 0.667. The van der Waals surface area contributed by atoms with Crippen LogP contribution in [0.15, 0.2) is 0 Å². The van der Waals surface area contributed by atoms with Crippen LogP contribution < -0.4 is 80.2 Å². The van der Waals surface area contributed by atoms with Gasteiger partial charge in [0.15, 0.2) is 0 Å². The lowest BCUT2D eigenvalue weighted by Crippen LogP contribution is -2.59. The van der Waals surface area contributed by atoms with Crippen LogP contribution in [0.2, 0.25) is 0 Å². The minimum absolute atomic E-state index is 0.582. The minimum atomic E-state index is -1.29. The molecule has 0 unspecified atom stereocenters. The number of hydrogen-bond acceptors (Lipinski definition) is 16. The molecule has 0 aliphatic rings. The Morgan fingerprint density at radius 1 is 0.211 bits per heavy atom. The van der Waals surface area contributed by atoms with E-state index < -0.39 is 179 Å². The van der Waals surface area contributed by atoms with Crippen LogP contribution in [0.3, 0.4) is 0 Å². The summed E-state index contributed by atoms with van der Waals surface area (Å²) in [6.07, 6.45) is 0. The Bertz CT molecular complexity index is 2190. The predicted octanol–water partition coefficient (Wildman–Crippen LogP) is -7.52. The van der Waals surface area contributed by atoms with Gasteiger partial charge in [-0.25, -0.2) is 0 Å². The van der Waals surface area contributed by atoms with Crippen LogP contribution in [0.5, 0.6) is 0 Å². The van der Waals surface area contributed by atoms with Crippen molar-refractivity contribution in [2.24, 2.45) is 5.73 Å². The van der Waals surface area contributed by atoms with Crippen LogP contribution in [0.25, 0.3) is 0 Å². The van der Waals surface area contributed by atoms with Gasteiger partial charge in [0, 0.05) is 0 Å². The zero-order valence-corrected chi connectivity index (χ0v) is 45.3. The molecule has 15 atom stereocenters.